The van der Waals surface area contributed by atoms with E-state index in [1.165, 1.54) is 6.20 Å². The van der Waals surface area contributed by atoms with Crippen molar-refractivity contribution in [1.29, 1.82) is 0 Å². The van der Waals surface area contributed by atoms with Gasteiger partial charge in [-0.15, -0.1) is 0 Å². The van der Waals surface area contributed by atoms with Crippen LogP contribution >= 0.6 is 11.6 Å². The van der Waals surface area contributed by atoms with Gasteiger partial charge in [0.05, 0.1) is 12.7 Å². The molecule has 0 aromatic carbocycles. The first-order valence-electron chi connectivity index (χ1n) is 6.27. The predicted molar refractivity (Wildman–Crippen MR) is 77.5 cm³/mol. The summed E-state index contributed by atoms with van der Waals surface area (Å²) < 4.78 is 0. The molecule has 0 atom stereocenters. The summed E-state index contributed by atoms with van der Waals surface area (Å²) in [5, 5.41) is 3.49. The van der Waals surface area contributed by atoms with Gasteiger partial charge in [0.15, 0.2) is 5.82 Å². The van der Waals surface area contributed by atoms with Crippen molar-refractivity contribution in [2.45, 2.75) is 33.2 Å². The highest BCUT2D eigenvalue weighted by Crippen LogP contribution is 2.25. The lowest BCUT2D eigenvalue weighted by atomic mass is 10.3. The summed E-state index contributed by atoms with van der Waals surface area (Å²) >= 11 is 6.11. The van der Waals surface area contributed by atoms with Crippen LogP contribution in [-0.2, 0) is 4.79 Å². The molecule has 0 radical (unpaired) electrons. The van der Waals surface area contributed by atoms with Crippen LogP contribution in [0, 0.1) is 0 Å². The summed E-state index contributed by atoms with van der Waals surface area (Å²) in [7, 11) is 0. The molecule has 1 aromatic rings. The van der Waals surface area contributed by atoms with Gasteiger partial charge < -0.3 is 16.0 Å². The first kappa shape index (κ1) is 15.5. The number of hydrogen-bond acceptors (Lipinski definition) is 5. The fourth-order valence-corrected chi connectivity index (χ4v) is 1.75. The number of aromatic nitrogens is 2. The van der Waals surface area contributed by atoms with Gasteiger partial charge in [-0.05, 0) is 20.3 Å². The molecule has 106 valence electrons. The maximum atomic E-state index is 11.1. The third-order valence-corrected chi connectivity index (χ3v) is 2.75. The van der Waals surface area contributed by atoms with E-state index in [1.54, 1.807) is 4.90 Å². The largest absolute Gasteiger partial charge is 0.368 e. The number of carbonyl (C=O) groups excluding carboxylic acids is 1. The lowest BCUT2D eigenvalue weighted by molar-refractivity contribution is -0.116. The standard InChI is InChI=1S/C12H20ClN5O/c1-4-5-15-12-16-6-9(13)11(17-12)18(8(2)3)7-10(14)19/h6,8H,4-5,7H2,1-3H3,(H2,14,19)(H,15,16,17). The van der Waals surface area contributed by atoms with E-state index in [1.807, 2.05) is 13.8 Å². The van der Waals surface area contributed by atoms with E-state index in [0.29, 0.717) is 16.8 Å². The molecule has 1 rings (SSSR count). The van der Waals surface area contributed by atoms with Crippen LogP contribution in [-0.4, -0.2) is 35.0 Å². The van der Waals surface area contributed by atoms with Crippen molar-refractivity contribution in [3.63, 3.8) is 0 Å². The van der Waals surface area contributed by atoms with Crippen molar-refractivity contribution >= 4 is 29.3 Å². The Morgan fingerprint density at radius 3 is 2.79 bits per heavy atom. The maximum Gasteiger partial charge on any atom is 0.237 e. The fourth-order valence-electron chi connectivity index (χ4n) is 1.55. The molecule has 0 aliphatic heterocycles. The average Bonchev–Trinajstić information content (AvgIpc) is 2.35. The monoisotopic (exact) mass is 285 g/mol. The van der Waals surface area contributed by atoms with Gasteiger partial charge in [-0.2, -0.15) is 4.98 Å². The minimum atomic E-state index is -0.425. The Labute approximate surface area is 118 Å². The molecule has 0 spiro atoms. The summed E-state index contributed by atoms with van der Waals surface area (Å²) in [6, 6.07) is 0.0546. The van der Waals surface area contributed by atoms with Gasteiger partial charge in [-0.25, -0.2) is 4.98 Å². The topological polar surface area (TPSA) is 84.1 Å². The molecule has 1 amide bonds. The Balaban J connectivity index is 3.03. The molecule has 3 N–H and O–H groups in total. The van der Waals surface area contributed by atoms with Gasteiger partial charge in [0, 0.05) is 12.6 Å². The van der Waals surface area contributed by atoms with E-state index in [4.69, 9.17) is 17.3 Å². The lowest BCUT2D eigenvalue weighted by Gasteiger charge is -2.27. The maximum absolute atomic E-state index is 11.1. The zero-order valence-corrected chi connectivity index (χ0v) is 12.2. The van der Waals surface area contributed by atoms with E-state index >= 15 is 0 Å². The van der Waals surface area contributed by atoms with Gasteiger partial charge in [0.1, 0.15) is 5.02 Å². The highest BCUT2D eigenvalue weighted by molar-refractivity contribution is 6.32. The molecular formula is C12H20ClN5O. The van der Waals surface area contributed by atoms with Crippen molar-refractivity contribution in [3.05, 3.63) is 11.2 Å². The molecule has 0 saturated carbocycles. The van der Waals surface area contributed by atoms with Gasteiger partial charge in [0.2, 0.25) is 11.9 Å². The Morgan fingerprint density at radius 2 is 2.26 bits per heavy atom. The molecule has 1 aromatic heterocycles. The van der Waals surface area contributed by atoms with Gasteiger partial charge in [-0.3, -0.25) is 4.79 Å². The van der Waals surface area contributed by atoms with E-state index < -0.39 is 5.91 Å². The second kappa shape index (κ2) is 7.13. The van der Waals surface area contributed by atoms with E-state index in [0.717, 1.165) is 13.0 Å². The molecule has 0 unspecified atom stereocenters. The number of rotatable bonds is 7. The highest BCUT2D eigenvalue weighted by Gasteiger charge is 2.18. The Morgan fingerprint density at radius 1 is 1.58 bits per heavy atom. The summed E-state index contributed by atoms with van der Waals surface area (Å²) in [5.74, 6) is 0.590. The summed E-state index contributed by atoms with van der Waals surface area (Å²) in [6.07, 6.45) is 2.49. The molecule has 0 saturated heterocycles. The number of halogens is 1. The number of hydrogen-bond donors (Lipinski definition) is 2. The van der Waals surface area contributed by atoms with E-state index in [-0.39, 0.29) is 12.6 Å². The Kier molecular flexibility index (Phi) is 5.82. The van der Waals surface area contributed by atoms with Crippen molar-refractivity contribution in [2.24, 2.45) is 5.73 Å². The van der Waals surface area contributed by atoms with Crippen LogP contribution in [0.5, 0.6) is 0 Å². The van der Waals surface area contributed by atoms with Crippen LogP contribution in [0.1, 0.15) is 27.2 Å². The second-order valence-corrected chi connectivity index (χ2v) is 4.89. The minimum absolute atomic E-state index is 0.0546. The minimum Gasteiger partial charge on any atom is -0.368 e. The van der Waals surface area contributed by atoms with Crippen molar-refractivity contribution in [3.8, 4) is 0 Å². The van der Waals surface area contributed by atoms with Crippen LogP contribution < -0.4 is 16.0 Å². The normalized spacial score (nSPS) is 10.6. The Hall–Kier alpha value is -1.56. The van der Waals surface area contributed by atoms with Crippen LogP contribution in [0.25, 0.3) is 0 Å². The number of nitrogens with two attached hydrogens (primary N) is 1. The molecule has 19 heavy (non-hydrogen) atoms. The summed E-state index contributed by atoms with van der Waals surface area (Å²) in [5.41, 5.74) is 5.25. The SMILES string of the molecule is CCCNc1ncc(Cl)c(N(CC(N)=O)C(C)C)n1. The van der Waals surface area contributed by atoms with Crippen molar-refractivity contribution in [1.82, 2.24) is 9.97 Å². The summed E-state index contributed by atoms with van der Waals surface area (Å²) in [6.45, 7) is 6.79. The zero-order valence-electron chi connectivity index (χ0n) is 11.5. The third-order valence-electron chi connectivity index (χ3n) is 2.48. The average molecular weight is 286 g/mol. The van der Waals surface area contributed by atoms with Crippen molar-refractivity contribution < 1.29 is 4.79 Å². The molecule has 0 aliphatic carbocycles. The Bertz CT molecular complexity index is 438. The first-order chi connectivity index (χ1) is 8.95. The number of amides is 1. The molecule has 0 aliphatic rings. The molecule has 1 heterocycles. The van der Waals surface area contributed by atoms with Gasteiger partial charge >= 0.3 is 0 Å². The molecule has 6 nitrogen and oxygen atoms in total. The van der Waals surface area contributed by atoms with Crippen LogP contribution in [0.15, 0.2) is 6.20 Å². The lowest BCUT2D eigenvalue weighted by Crippen LogP contribution is -2.39. The highest BCUT2D eigenvalue weighted by atomic mass is 35.5. The molecule has 0 bridgehead atoms. The molecular weight excluding hydrogens is 266 g/mol. The first-order valence-corrected chi connectivity index (χ1v) is 6.64. The van der Waals surface area contributed by atoms with Gasteiger partial charge in [-0.1, -0.05) is 18.5 Å². The zero-order chi connectivity index (χ0) is 14.4. The van der Waals surface area contributed by atoms with E-state index in [2.05, 4.69) is 22.2 Å². The number of carbonyl (C=O) groups is 1. The van der Waals surface area contributed by atoms with E-state index in [9.17, 15) is 4.79 Å². The summed E-state index contributed by atoms with van der Waals surface area (Å²) in [4.78, 5) is 21.3. The number of nitrogens with zero attached hydrogens (tertiary/aromatic N) is 3. The molecule has 0 fully saturated rings. The smallest absolute Gasteiger partial charge is 0.237 e. The van der Waals surface area contributed by atoms with Crippen LogP contribution in [0.3, 0.4) is 0 Å². The predicted octanol–water partition coefficient (Wildman–Crippen LogP) is 1.65. The molecule has 7 heteroatoms. The van der Waals surface area contributed by atoms with Crippen LogP contribution in [0.4, 0.5) is 11.8 Å². The number of anilines is 2. The quantitative estimate of drug-likeness (QED) is 0.796. The fraction of sp³-hybridized carbons (Fsp3) is 0.583. The van der Waals surface area contributed by atoms with Crippen molar-refractivity contribution in [2.75, 3.05) is 23.3 Å². The van der Waals surface area contributed by atoms with Crippen LogP contribution in [0.2, 0.25) is 5.02 Å². The number of nitrogens with one attached hydrogen (secondary N) is 1. The van der Waals surface area contributed by atoms with Gasteiger partial charge in [0.25, 0.3) is 0 Å². The third kappa shape index (κ3) is 4.55. The second-order valence-electron chi connectivity index (χ2n) is 4.48. The number of primary amides is 1.